The number of benzene rings is 2. The van der Waals surface area contributed by atoms with Gasteiger partial charge in [-0.2, -0.15) is 0 Å². The van der Waals surface area contributed by atoms with E-state index in [0.717, 1.165) is 70.0 Å². The third-order valence-electron chi connectivity index (χ3n) is 7.82. The third kappa shape index (κ3) is 8.03. The molecule has 3 rings (SSSR count). The number of ether oxygens (including phenoxy) is 2. The number of carbonyl (C=O) groups excluding carboxylic acids is 1. The molecule has 2 aromatic carbocycles. The van der Waals surface area contributed by atoms with Crippen LogP contribution in [0.4, 0.5) is 4.39 Å². The molecule has 1 aliphatic rings. The van der Waals surface area contributed by atoms with Crippen LogP contribution < -0.4 is 9.47 Å². The second-order valence-corrected chi connectivity index (χ2v) is 10.3. The number of rotatable bonds is 15. The zero-order valence-electron chi connectivity index (χ0n) is 23.0. The number of methoxy groups -OCH3 is 2. The SMILES string of the molecule is CCCCC(CCCCC(C(=O)O)c1ccc(OC)c(OC)c1)N1CCC(C(=O)c2ccc(F)cc2)CC1. The van der Waals surface area contributed by atoms with Gasteiger partial charge in [0.2, 0.25) is 0 Å². The van der Waals surface area contributed by atoms with Crippen molar-refractivity contribution in [2.75, 3.05) is 27.3 Å². The molecule has 0 amide bonds. The molecule has 7 heteroatoms. The highest BCUT2D eigenvalue weighted by Crippen LogP contribution is 2.33. The van der Waals surface area contributed by atoms with Gasteiger partial charge in [-0.15, -0.1) is 0 Å². The van der Waals surface area contributed by atoms with Gasteiger partial charge >= 0.3 is 5.97 Å². The number of carboxylic acid groups (broad SMARTS) is 1. The van der Waals surface area contributed by atoms with Gasteiger partial charge < -0.3 is 19.5 Å². The number of unbranched alkanes of at least 4 members (excludes halogenated alkanes) is 2. The summed E-state index contributed by atoms with van der Waals surface area (Å²) in [6, 6.07) is 11.6. The normalized spacial score (nSPS) is 16.1. The summed E-state index contributed by atoms with van der Waals surface area (Å²) < 4.78 is 23.9. The van der Waals surface area contributed by atoms with E-state index in [1.165, 1.54) is 12.1 Å². The zero-order chi connectivity index (χ0) is 27.5. The van der Waals surface area contributed by atoms with Crippen molar-refractivity contribution in [2.24, 2.45) is 5.92 Å². The standard InChI is InChI=1S/C31H42FNO5/c1-4-5-8-26(33-19-17-23(18-20-33)30(34)22-11-14-25(32)15-12-22)9-6-7-10-27(31(35)36)24-13-16-28(37-2)29(21-24)38-3/h11-16,21,23,26-27H,4-10,17-20H2,1-3H3,(H,35,36). The molecule has 1 fully saturated rings. The Labute approximate surface area is 226 Å². The summed E-state index contributed by atoms with van der Waals surface area (Å²) in [6.45, 7) is 3.97. The maximum absolute atomic E-state index is 13.2. The van der Waals surface area contributed by atoms with Gasteiger partial charge in [0.05, 0.1) is 20.1 Å². The minimum absolute atomic E-state index is 0.0126. The Balaban J connectivity index is 1.53. The molecule has 0 spiro atoms. The number of halogens is 1. The molecule has 6 nitrogen and oxygen atoms in total. The largest absolute Gasteiger partial charge is 0.493 e. The average molecular weight is 528 g/mol. The van der Waals surface area contributed by atoms with Gasteiger partial charge in [-0.1, -0.05) is 38.7 Å². The van der Waals surface area contributed by atoms with Crippen molar-refractivity contribution >= 4 is 11.8 Å². The Bertz CT molecular complexity index is 1030. The van der Waals surface area contributed by atoms with E-state index in [9.17, 15) is 19.1 Å². The van der Waals surface area contributed by atoms with Gasteiger partial charge in [-0.25, -0.2) is 4.39 Å². The van der Waals surface area contributed by atoms with E-state index in [1.807, 2.05) is 6.07 Å². The second kappa shape index (κ2) is 14.9. The molecule has 1 aliphatic heterocycles. The maximum atomic E-state index is 13.2. The Morgan fingerprint density at radius 3 is 2.18 bits per heavy atom. The number of likely N-dealkylation sites (tertiary alicyclic amines) is 1. The van der Waals surface area contributed by atoms with Crippen LogP contribution in [0.1, 0.15) is 86.6 Å². The lowest BCUT2D eigenvalue weighted by molar-refractivity contribution is -0.139. The van der Waals surface area contributed by atoms with Crippen LogP contribution in [0.15, 0.2) is 42.5 Å². The first-order valence-electron chi connectivity index (χ1n) is 13.9. The van der Waals surface area contributed by atoms with Gasteiger partial charge in [0.15, 0.2) is 17.3 Å². The smallest absolute Gasteiger partial charge is 0.310 e. The number of carboxylic acids is 1. The molecule has 1 N–H and O–H groups in total. The fourth-order valence-corrected chi connectivity index (χ4v) is 5.56. The lowest BCUT2D eigenvalue weighted by Crippen LogP contribution is -2.43. The van der Waals surface area contributed by atoms with Crippen LogP contribution in [0, 0.1) is 11.7 Å². The number of hydrogen-bond acceptors (Lipinski definition) is 5. The molecule has 0 aromatic heterocycles. The van der Waals surface area contributed by atoms with Gasteiger partial charge in [-0.3, -0.25) is 9.59 Å². The van der Waals surface area contributed by atoms with Gasteiger partial charge in [0.25, 0.3) is 0 Å². The number of hydrogen-bond donors (Lipinski definition) is 1. The van der Waals surface area contributed by atoms with Crippen LogP contribution in [0.3, 0.4) is 0 Å². The van der Waals surface area contributed by atoms with Crippen LogP contribution in [-0.4, -0.2) is 55.1 Å². The summed E-state index contributed by atoms with van der Waals surface area (Å²) in [5, 5.41) is 9.88. The quantitative estimate of drug-likeness (QED) is 0.205. The lowest BCUT2D eigenvalue weighted by Gasteiger charge is -2.37. The molecule has 0 saturated carbocycles. The molecule has 0 radical (unpaired) electrons. The van der Waals surface area contributed by atoms with Crippen LogP contribution in [0.25, 0.3) is 0 Å². The topological polar surface area (TPSA) is 76.1 Å². The Hall–Kier alpha value is -2.93. The summed E-state index contributed by atoms with van der Waals surface area (Å²) in [5.74, 6) is -0.510. The predicted octanol–water partition coefficient (Wildman–Crippen LogP) is 6.73. The first-order valence-corrected chi connectivity index (χ1v) is 13.9. The van der Waals surface area contributed by atoms with Crippen molar-refractivity contribution in [1.82, 2.24) is 4.90 Å². The molecule has 2 atom stereocenters. The van der Waals surface area contributed by atoms with E-state index in [2.05, 4.69) is 11.8 Å². The number of piperidine rings is 1. The molecule has 2 aromatic rings. The molecule has 1 saturated heterocycles. The summed E-state index contributed by atoms with van der Waals surface area (Å²) in [7, 11) is 3.11. The number of Topliss-reactive ketones (excluding diaryl/α,β-unsaturated/α-hetero) is 1. The predicted molar refractivity (Wildman–Crippen MR) is 147 cm³/mol. The molecule has 1 heterocycles. The summed E-state index contributed by atoms with van der Waals surface area (Å²) >= 11 is 0. The van der Waals surface area contributed by atoms with Crippen LogP contribution in [0.5, 0.6) is 11.5 Å². The van der Waals surface area contributed by atoms with Crippen LogP contribution in [-0.2, 0) is 4.79 Å². The third-order valence-corrected chi connectivity index (χ3v) is 7.82. The van der Waals surface area contributed by atoms with Crippen molar-refractivity contribution in [3.63, 3.8) is 0 Å². The maximum Gasteiger partial charge on any atom is 0.310 e. The van der Waals surface area contributed by atoms with E-state index in [4.69, 9.17) is 9.47 Å². The van der Waals surface area contributed by atoms with Gasteiger partial charge in [0, 0.05) is 17.5 Å². The Morgan fingerprint density at radius 2 is 1.58 bits per heavy atom. The summed E-state index contributed by atoms with van der Waals surface area (Å²) in [6.07, 6.45) is 8.42. The molecule has 208 valence electrons. The summed E-state index contributed by atoms with van der Waals surface area (Å²) in [5.41, 5.74) is 1.32. The number of aliphatic carboxylic acids is 1. The Morgan fingerprint density at radius 1 is 0.947 bits per heavy atom. The minimum Gasteiger partial charge on any atom is -0.493 e. The van der Waals surface area contributed by atoms with Crippen LogP contribution in [0.2, 0.25) is 0 Å². The Kier molecular flexibility index (Phi) is 11.6. The highest BCUT2D eigenvalue weighted by Gasteiger charge is 2.29. The molecule has 2 unspecified atom stereocenters. The number of carbonyl (C=O) groups is 2. The monoisotopic (exact) mass is 527 g/mol. The van der Waals surface area contributed by atoms with E-state index < -0.39 is 11.9 Å². The van der Waals surface area contributed by atoms with Crippen molar-refractivity contribution in [3.8, 4) is 11.5 Å². The molecule has 0 aliphatic carbocycles. The van der Waals surface area contributed by atoms with E-state index in [-0.39, 0.29) is 17.5 Å². The zero-order valence-corrected chi connectivity index (χ0v) is 23.0. The minimum atomic E-state index is -0.826. The van der Waals surface area contributed by atoms with E-state index in [0.29, 0.717) is 29.5 Å². The first-order chi connectivity index (χ1) is 18.4. The highest BCUT2D eigenvalue weighted by molar-refractivity contribution is 5.97. The molecule has 0 bridgehead atoms. The van der Waals surface area contributed by atoms with Gasteiger partial charge in [-0.05, 0) is 87.2 Å². The first kappa shape index (κ1) is 29.6. The van der Waals surface area contributed by atoms with Crippen molar-refractivity contribution < 1.29 is 28.6 Å². The second-order valence-electron chi connectivity index (χ2n) is 10.3. The number of nitrogens with zero attached hydrogens (tertiary/aromatic N) is 1. The lowest BCUT2D eigenvalue weighted by atomic mass is 9.87. The fraction of sp³-hybridized carbons (Fsp3) is 0.548. The average Bonchev–Trinajstić information content (AvgIpc) is 2.94. The van der Waals surface area contributed by atoms with Crippen LogP contribution >= 0.6 is 0 Å². The van der Waals surface area contributed by atoms with Crippen molar-refractivity contribution in [1.29, 1.82) is 0 Å². The van der Waals surface area contributed by atoms with E-state index in [1.54, 1.807) is 38.5 Å². The van der Waals surface area contributed by atoms with E-state index >= 15 is 0 Å². The molecular weight excluding hydrogens is 485 g/mol. The van der Waals surface area contributed by atoms with Gasteiger partial charge in [0.1, 0.15) is 5.82 Å². The fourth-order valence-electron chi connectivity index (χ4n) is 5.56. The molecule has 38 heavy (non-hydrogen) atoms. The number of ketones is 1. The van der Waals surface area contributed by atoms with Crippen molar-refractivity contribution in [2.45, 2.75) is 76.7 Å². The highest BCUT2D eigenvalue weighted by atomic mass is 19.1. The molecular formula is C31H42FNO5. The van der Waals surface area contributed by atoms with Crippen molar-refractivity contribution in [3.05, 3.63) is 59.4 Å². The summed E-state index contributed by atoms with van der Waals surface area (Å²) in [4.78, 5) is 27.4.